The highest BCUT2D eigenvalue weighted by atomic mass is 16.4. The van der Waals surface area contributed by atoms with Crippen molar-refractivity contribution in [1.82, 2.24) is 9.97 Å². The minimum Gasteiger partial charge on any atom is -0.480 e. The van der Waals surface area contributed by atoms with Crippen molar-refractivity contribution < 1.29 is 15.0 Å². The van der Waals surface area contributed by atoms with Crippen molar-refractivity contribution in [2.45, 2.75) is 38.6 Å². The molecule has 0 aromatic carbocycles. The molecule has 0 amide bonds. The van der Waals surface area contributed by atoms with Gasteiger partial charge in [-0.2, -0.15) is 0 Å². The minimum absolute atomic E-state index is 0.0757. The molecule has 0 aliphatic carbocycles. The van der Waals surface area contributed by atoms with Gasteiger partial charge in [-0.15, -0.1) is 0 Å². The molecule has 7 heteroatoms. The lowest BCUT2D eigenvalue weighted by Gasteiger charge is -2.35. The molecule has 1 unspecified atom stereocenters. The molecule has 1 atom stereocenters. The van der Waals surface area contributed by atoms with Gasteiger partial charge in [-0.1, -0.05) is 6.92 Å². The van der Waals surface area contributed by atoms with E-state index >= 15 is 0 Å². The van der Waals surface area contributed by atoms with Crippen LogP contribution >= 0.6 is 0 Å². The quantitative estimate of drug-likeness (QED) is 0.780. The number of aromatic nitrogens is 2. The van der Waals surface area contributed by atoms with Crippen LogP contribution in [-0.4, -0.2) is 58.4 Å². The van der Waals surface area contributed by atoms with E-state index in [0.717, 1.165) is 38.0 Å². The summed E-state index contributed by atoms with van der Waals surface area (Å²) in [6.45, 7) is 3.52. The number of hydrogen-bond donors (Lipinski definition) is 2. The Balaban J connectivity index is 2.21. The molecule has 0 bridgehead atoms. The molecule has 0 saturated carbocycles. The lowest BCUT2D eigenvalue weighted by molar-refractivity contribution is -0.135. The van der Waals surface area contributed by atoms with Gasteiger partial charge in [-0.05, 0) is 25.7 Å². The van der Waals surface area contributed by atoms with Crippen LogP contribution in [0.5, 0.6) is 0 Å². The van der Waals surface area contributed by atoms with Crippen molar-refractivity contribution in [2.24, 2.45) is 0 Å². The number of carboxylic acid groups (broad SMARTS) is 1. The molecule has 7 nitrogen and oxygen atoms in total. The summed E-state index contributed by atoms with van der Waals surface area (Å²) in [5.41, 5.74) is 0. The topological polar surface area (TPSA) is 89.8 Å². The maximum Gasteiger partial charge on any atom is 0.323 e. The van der Waals surface area contributed by atoms with Crippen molar-refractivity contribution in [2.75, 3.05) is 36.0 Å². The van der Waals surface area contributed by atoms with Crippen LogP contribution in [0.2, 0.25) is 0 Å². The Bertz CT molecular complexity index is 497. The Morgan fingerprint density at radius 1 is 1.45 bits per heavy atom. The second-order valence-electron chi connectivity index (χ2n) is 5.58. The molecule has 2 N–H and O–H groups in total. The zero-order valence-corrected chi connectivity index (χ0v) is 13.0. The zero-order chi connectivity index (χ0) is 15.9. The van der Waals surface area contributed by atoms with E-state index in [0.29, 0.717) is 12.4 Å². The Labute approximate surface area is 130 Å². The van der Waals surface area contributed by atoms with Crippen molar-refractivity contribution >= 4 is 17.6 Å². The summed E-state index contributed by atoms with van der Waals surface area (Å²) < 4.78 is 0. The molecule has 1 aromatic rings. The smallest absolute Gasteiger partial charge is 0.323 e. The fraction of sp³-hybridized carbons (Fsp3) is 0.667. The third kappa shape index (κ3) is 4.07. The second kappa shape index (κ2) is 7.93. The maximum atomic E-state index is 11.0. The summed E-state index contributed by atoms with van der Waals surface area (Å²) in [7, 11) is 0. The first kappa shape index (κ1) is 16.5. The van der Waals surface area contributed by atoms with Gasteiger partial charge in [-0.25, -0.2) is 9.97 Å². The van der Waals surface area contributed by atoms with Crippen LogP contribution in [0.1, 0.15) is 32.6 Å². The molecule has 22 heavy (non-hydrogen) atoms. The van der Waals surface area contributed by atoms with E-state index < -0.39 is 5.97 Å². The van der Waals surface area contributed by atoms with Crippen molar-refractivity contribution in [3.63, 3.8) is 0 Å². The van der Waals surface area contributed by atoms with Gasteiger partial charge in [0.15, 0.2) is 0 Å². The van der Waals surface area contributed by atoms with Crippen LogP contribution in [0.25, 0.3) is 0 Å². The van der Waals surface area contributed by atoms with Gasteiger partial charge >= 0.3 is 5.97 Å². The number of aliphatic carboxylic acids is 1. The molecule has 1 saturated heterocycles. The number of hydrogen-bond acceptors (Lipinski definition) is 6. The summed E-state index contributed by atoms with van der Waals surface area (Å²) in [5, 5.41) is 18.6. The van der Waals surface area contributed by atoms with E-state index in [2.05, 4.69) is 14.9 Å². The molecule has 1 aromatic heterocycles. The maximum absolute atomic E-state index is 11.0. The van der Waals surface area contributed by atoms with Crippen LogP contribution in [0.15, 0.2) is 12.4 Å². The SMILES string of the molecule is CCCN(CC(=O)O)c1cc(N2CCCCC2CO)ncn1. The predicted molar refractivity (Wildman–Crippen MR) is 84.2 cm³/mol. The zero-order valence-electron chi connectivity index (χ0n) is 13.0. The molecular weight excluding hydrogens is 284 g/mol. The fourth-order valence-corrected chi connectivity index (χ4v) is 2.87. The number of carbonyl (C=O) groups is 1. The lowest BCUT2D eigenvalue weighted by Crippen LogP contribution is -2.42. The third-order valence-corrected chi connectivity index (χ3v) is 3.91. The van der Waals surface area contributed by atoms with Crippen molar-refractivity contribution in [1.29, 1.82) is 0 Å². The Kier molecular flexibility index (Phi) is 5.94. The molecular formula is C15H24N4O3. The average molecular weight is 308 g/mol. The van der Waals surface area contributed by atoms with Crippen LogP contribution < -0.4 is 9.80 Å². The molecule has 122 valence electrons. The van der Waals surface area contributed by atoms with Gasteiger partial charge < -0.3 is 20.0 Å². The fourth-order valence-electron chi connectivity index (χ4n) is 2.87. The summed E-state index contributed by atoms with van der Waals surface area (Å²) in [6.07, 6.45) is 5.45. The van der Waals surface area contributed by atoms with Gasteiger partial charge in [-0.3, -0.25) is 4.79 Å². The highest BCUT2D eigenvalue weighted by Gasteiger charge is 2.23. The van der Waals surface area contributed by atoms with Gasteiger partial charge in [0, 0.05) is 19.2 Å². The number of rotatable bonds is 7. The Morgan fingerprint density at radius 2 is 2.27 bits per heavy atom. The summed E-state index contributed by atoms with van der Waals surface area (Å²) in [6, 6.07) is 1.91. The predicted octanol–water partition coefficient (Wildman–Crippen LogP) is 1.13. The monoisotopic (exact) mass is 308 g/mol. The summed E-state index contributed by atoms with van der Waals surface area (Å²) in [4.78, 5) is 23.4. The van der Waals surface area contributed by atoms with Crippen LogP contribution in [0.4, 0.5) is 11.6 Å². The average Bonchev–Trinajstić information content (AvgIpc) is 2.54. The minimum atomic E-state index is -0.875. The molecule has 1 aliphatic heterocycles. The third-order valence-electron chi connectivity index (χ3n) is 3.91. The van der Waals surface area contributed by atoms with Crippen LogP contribution in [0, 0.1) is 0 Å². The van der Waals surface area contributed by atoms with Crippen molar-refractivity contribution in [3.8, 4) is 0 Å². The highest BCUT2D eigenvalue weighted by Crippen LogP contribution is 2.25. The molecule has 0 radical (unpaired) electrons. The normalized spacial score (nSPS) is 18.3. The molecule has 2 heterocycles. The number of carboxylic acids is 1. The number of nitrogens with zero attached hydrogens (tertiary/aromatic N) is 4. The Morgan fingerprint density at radius 3 is 2.95 bits per heavy atom. The largest absolute Gasteiger partial charge is 0.480 e. The number of aliphatic hydroxyl groups excluding tert-OH is 1. The van der Waals surface area contributed by atoms with Gasteiger partial charge in [0.2, 0.25) is 0 Å². The molecule has 1 fully saturated rings. The first-order chi connectivity index (χ1) is 10.7. The molecule has 1 aliphatic rings. The van der Waals surface area contributed by atoms with Gasteiger partial charge in [0.25, 0.3) is 0 Å². The van der Waals surface area contributed by atoms with Gasteiger partial charge in [0.1, 0.15) is 24.5 Å². The van der Waals surface area contributed by atoms with E-state index in [9.17, 15) is 9.90 Å². The van der Waals surface area contributed by atoms with E-state index in [1.54, 1.807) is 4.90 Å². The van der Waals surface area contributed by atoms with E-state index in [1.165, 1.54) is 6.33 Å². The number of anilines is 2. The number of piperidine rings is 1. The number of aliphatic hydroxyl groups is 1. The van der Waals surface area contributed by atoms with Crippen LogP contribution in [0.3, 0.4) is 0 Å². The second-order valence-corrected chi connectivity index (χ2v) is 5.58. The lowest BCUT2D eigenvalue weighted by atomic mass is 10.0. The van der Waals surface area contributed by atoms with E-state index in [4.69, 9.17) is 5.11 Å². The van der Waals surface area contributed by atoms with Gasteiger partial charge in [0.05, 0.1) is 12.6 Å². The summed E-state index contributed by atoms with van der Waals surface area (Å²) in [5.74, 6) is 0.506. The first-order valence-corrected chi connectivity index (χ1v) is 7.82. The van der Waals surface area contributed by atoms with E-state index in [-0.39, 0.29) is 19.2 Å². The highest BCUT2D eigenvalue weighted by molar-refractivity contribution is 5.73. The Hall–Kier alpha value is -1.89. The van der Waals surface area contributed by atoms with Crippen LogP contribution in [-0.2, 0) is 4.79 Å². The molecule has 0 spiro atoms. The van der Waals surface area contributed by atoms with Crippen molar-refractivity contribution in [3.05, 3.63) is 12.4 Å². The molecule has 2 rings (SSSR count). The first-order valence-electron chi connectivity index (χ1n) is 7.82. The summed E-state index contributed by atoms with van der Waals surface area (Å²) >= 11 is 0. The van der Waals surface area contributed by atoms with E-state index in [1.807, 2.05) is 13.0 Å². The standard InChI is InChI=1S/C15H24N4O3/c1-2-6-18(9-15(21)22)13-8-14(17-11-16-13)19-7-4-3-5-12(19)10-20/h8,11-12,20H,2-7,9-10H2,1H3,(H,21,22).